The molecule has 78 valence electrons. The number of hydrogen-bond acceptors (Lipinski definition) is 1. The first-order valence-electron chi connectivity index (χ1n) is 4.44. The van der Waals surface area contributed by atoms with Gasteiger partial charge in [-0.15, -0.1) is 0 Å². The zero-order valence-corrected chi connectivity index (χ0v) is 10.6. The van der Waals surface area contributed by atoms with Gasteiger partial charge >= 0.3 is 0 Å². The fourth-order valence-corrected chi connectivity index (χ4v) is 2.28. The van der Waals surface area contributed by atoms with Gasteiger partial charge in [-0.1, -0.05) is 28.1 Å². The van der Waals surface area contributed by atoms with E-state index in [1.54, 1.807) is 6.26 Å². The van der Waals surface area contributed by atoms with Crippen LogP contribution in [0.1, 0.15) is 0 Å². The monoisotopic (exact) mass is 283 g/mol. The molecule has 0 aliphatic heterocycles. The van der Waals surface area contributed by atoms with Gasteiger partial charge in [0.1, 0.15) is 11.0 Å². The maximum absolute atomic E-state index is 11.0. The van der Waals surface area contributed by atoms with Crippen LogP contribution in [0.25, 0.3) is 10.8 Å². The minimum absolute atomic E-state index is 0.880. The predicted octanol–water partition coefficient (Wildman–Crippen LogP) is 3.31. The summed E-state index contributed by atoms with van der Waals surface area (Å²) in [5.74, 6) is 0. The van der Waals surface area contributed by atoms with Crippen molar-refractivity contribution in [1.82, 2.24) is 0 Å². The number of anilines is 1. The van der Waals surface area contributed by atoms with Crippen molar-refractivity contribution >= 4 is 43.4 Å². The van der Waals surface area contributed by atoms with Crippen molar-refractivity contribution in [2.75, 3.05) is 11.0 Å². The van der Waals surface area contributed by atoms with E-state index in [9.17, 15) is 4.21 Å². The molecule has 2 nitrogen and oxygen atoms in total. The molecule has 2 aromatic rings. The standard InChI is InChI=1S/C11H10BrNOS/c1-15(14)13-11-5-3-8-6-10(12)4-2-9(8)7-11/h2-7,13H,1H3. The van der Waals surface area contributed by atoms with E-state index in [1.807, 2.05) is 30.3 Å². The Morgan fingerprint density at radius 3 is 2.53 bits per heavy atom. The Balaban J connectivity index is 2.47. The summed E-state index contributed by atoms with van der Waals surface area (Å²) < 4.78 is 14.9. The molecular formula is C11H10BrNOS. The van der Waals surface area contributed by atoms with Crippen LogP contribution in [0.3, 0.4) is 0 Å². The van der Waals surface area contributed by atoms with E-state index < -0.39 is 11.0 Å². The molecule has 0 aliphatic carbocycles. The highest BCUT2D eigenvalue weighted by atomic mass is 79.9. The van der Waals surface area contributed by atoms with Crippen molar-refractivity contribution in [1.29, 1.82) is 0 Å². The lowest BCUT2D eigenvalue weighted by Gasteiger charge is -2.04. The highest BCUT2D eigenvalue weighted by Gasteiger charge is 1.98. The summed E-state index contributed by atoms with van der Waals surface area (Å²) in [4.78, 5) is 0. The Morgan fingerprint density at radius 1 is 1.13 bits per heavy atom. The highest BCUT2D eigenvalue weighted by molar-refractivity contribution is 9.10. The summed E-state index contributed by atoms with van der Waals surface area (Å²) in [5, 5.41) is 2.30. The molecule has 0 saturated heterocycles. The summed E-state index contributed by atoms with van der Waals surface area (Å²) in [5.41, 5.74) is 0.880. The Hall–Kier alpha value is -0.870. The zero-order valence-electron chi connectivity index (χ0n) is 8.16. The van der Waals surface area contributed by atoms with Crippen LogP contribution >= 0.6 is 15.9 Å². The van der Waals surface area contributed by atoms with Gasteiger partial charge in [0.05, 0.1) is 0 Å². The Labute approximate surface area is 99.4 Å². The van der Waals surface area contributed by atoms with Gasteiger partial charge in [0.15, 0.2) is 0 Å². The first kappa shape index (κ1) is 10.6. The smallest absolute Gasteiger partial charge is 0.113 e. The van der Waals surface area contributed by atoms with Crippen molar-refractivity contribution in [2.24, 2.45) is 0 Å². The topological polar surface area (TPSA) is 29.1 Å². The third-order valence-corrected chi connectivity index (χ3v) is 3.08. The van der Waals surface area contributed by atoms with Crippen LogP contribution in [0, 0.1) is 0 Å². The largest absolute Gasteiger partial charge is 0.305 e. The molecule has 0 heterocycles. The molecule has 0 saturated carbocycles. The predicted molar refractivity (Wildman–Crippen MR) is 69.3 cm³/mol. The zero-order chi connectivity index (χ0) is 10.8. The molecule has 1 N–H and O–H groups in total. The lowest BCUT2D eigenvalue weighted by atomic mass is 10.1. The number of benzene rings is 2. The van der Waals surface area contributed by atoms with E-state index in [1.165, 1.54) is 0 Å². The number of hydrogen-bond donors (Lipinski definition) is 1. The van der Waals surface area contributed by atoms with Gasteiger partial charge in [0, 0.05) is 16.4 Å². The van der Waals surface area contributed by atoms with E-state index in [2.05, 4.69) is 26.7 Å². The molecule has 0 fully saturated rings. The maximum atomic E-state index is 11.0. The second-order valence-corrected chi connectivity index (χ2v) is 5.29. The molecule has 1 unspecified atom stereocenters. The summed E-state index contributed by atoms with van der Waals surface area (Å²) in [6.07, 6.45) is 1.62. The second kappa shape index (κ2) is 4.33. The maximum Gasteiger partial charge on any atom is 0.113 e. The normalized spacial score (nSPS) is 12.7. The van der Waals surface area contributed by atoms with Crippen LogP contribution in [-0.4, -0.2) is 10.5 Å². The third-order valence-electron chi connectivity index (χ3n) is 2.06. The van der Waals surface area contributed by atoms with E-state index in [4.69, 9.17) is 0 Å². The van der Waals surface area contributed by atoms with E-state index in [0.717, 1.165) is 20.9 Å². The van der Waals surface area contributed by atoms with Crippen LogP contribution in [0.15, 0.2) is 40.9 Å². The first-order valence-corrected chi connectivity index (χ1v) is 6.80. The fourth-order valence-electron chi connectivity index (χ4n) is 1.45. The lowest BCUT2D eigenvalue weighted by molar-refractivity contribution is 0.690. The van der Waals surface area contributed by atoms with Gasteiger partial charge in [-0.3, -0.25) is 0 Å². The molecule has 15 heavy (non-hydrogen) atoms. The minimum atomic E-state index is -1.02. The van der Waals surface area contributed by atoms with Crippen LogP contribution in [0.2, 0.25) is 0 Å². The van der Waals surface area contributed by atoms with E-state index in [-0.39, 0.29) is 0 Å². The Morgan fingerprint density at radius 2 is 1.80 bits per heavy atom. The molecule has 2 rings (SSSR count). The number of rotatable bonds is 2. The Kier molecular flexibility index (Phi) is 3.07. The lowest BCUT2D eigenvalue weighted by Crippen LogP contribution is -2.00. The Bertz CT molecular complexity index is 527. The average molecular weight is 284 g/mol. The quantitative estimate of drug-likeness (QED) is 0.900. The van der Waals surface area contributed by atoms with Gasteiger partial charge < -0.3 is 4.72 Å². The molecule has 0 amide bonds. The van der Waals surface area contributed by atoms with Crippen LogP contribution in [-0.2, 0) is 11.0 Å². The molecule has 4 heteroatoms. The highest BCUT2D eigenvalue weighted by Crippen LogP contribution is 2.22. The summed E-state index contributed by atoms with van der Waals surface area (Å²) in [6.45, 7) is 0. The summed E-state index contributed by atoms with van der Waals surface area (Å²) in [7, 11) is -1.02. The molecule has 0 aromatic heterocycles. The van der Waals surface area contributed by atoms with Crippen LogP contribution in [0.5, 0.6) is 0 Å². The van der Waals surface area contributed by atoms with E-state index in [0.29, 0.717) is 0 Å². The number of nitrogens with one attached hydrogen (secondary N) is 1. The summed E-state index contributed by atoms with van der Waals surface area (Å²) in [6, 6.07) is 12.0. The van der Waals surface area contributed by atoms with Crippen molar-refractivity contribution < 1.29 is 4.21 Å². The number of halogens is 1. The van der Waals surface area contributed by atoms with Crippen molar-refractivity contribution in [3.63, 3.8) is 0 Å². The number of fused-ring (bicyclic) bond motifs is 1. The molecule has 2 aromatic carbocycles. The molecule has 0 spiro atoms. The molecule has 0 bridgehead atoms. The molecule has 1 atom stereocenters. The SMILES string of the molecule is CS(=O)Nc1ccc2cc(Br)ccc2c1. The second-order valence-electron chi connectivity index (χ2n) is 3.26. The third kappa shape index (κ3) is 2.58. The molecule has 0 aliphatic rings. The minimum Gasteiger partial charge on any atom is -0.305 e. The van der Waals surface area contributed by atoms with Crippen LogP contribution in [0.4, 0.5) is 5.69 Å². The van der Waals surface area contributed by atoms with Gasteiger partial charge in [0.25, 0.3) is 0 Å². The summed E-state index contributed by atoms with van der Waals surface area (Å²) >= 11 is 3.43. The molecular weight excluding hydrogens is 274 g/mol. The fraction of sp³-hybridized carbons (Fsp3) is 0.0909. The van der Waals surface area contributed by atoms with Crippen molar-refractivity contribution in [2.45, 2.75) is 0 Å². The van der Waals surface area contributed by atoms with Crippen molar-refractivity contribution in [3.8, 4) is 0 Å². The van der Waals surface area contributed by atoms with E-state index >= 15 is 0 Å². The van der Waals surface area contributed by atoms with Crippen molar-refractivity contribution in [3.05, 3.63) is 40.9 Å². The van der Waals surface area contributed by atoms with Crippen LogP contribution < -0.4 is 4.72 Å². The molecule has 0 radical (unpaired) electrons. The van der Waals surface area contributed by atoms with Gasteiger partial charge in [-0.05, 0) is 35.0 Å². The average Bonchev–Trinajstić information content (AvgIpc) is 2.17. The van der Waals surface area contributed by atoms with Gasteiger partial charge in [0.2, 0.25) is 0 Å². The van der Waals surface area contributed by atoms with Gasteiger partial charge in [-0.25, -0.2) is 4.21 Å². The van der Waals surface area contributed by atoms with Gasteiger partial charge in [-0.2, -0.15) is 0 Å². The first-order chi connectivity index (χ1) is 7.15.